The number of hydrogen-bond acceptors (Lipinski definition) is 2. The largest absolute Gasteiger partial charge is 0.394 e. The summed E-state index contributed by atoms with van der Waals surface area (Å²) in [6, 6.07) is 0. The Morgan fingerprint density at radius 1 is 1.42 bits per heavy atom. The minimum atomic E-state index is 0.130. The normalized spacial score (nSPS) is 47.5. The summed E-state index contributed by atoms with van der Waals surface area (Å²) in [6.45, 7) is 2.49. The number of aliphatic hydroxyl groups is 1. The van der Waals surface area contributed by atoms with Gasteiger partial charge >= 0.3 is 0 Å². The van der Waals surface area contributed by atoms with Gasteiger partial charge in [0.25, 0.3) is 0 Å². The lowest BCUT2D eigenvalue weighted by Crippen LogP contribution is -2.32. The van der Waals surface area contributed by atoms with Crippen LogP contribution in [0.3, 0.4) is 0 Å². The molecule has 1 N–H and O–H groups in total. The van der Waals surface area contributed by atoms with Crippen molar-refractivity contribution < 1.29 is 9.84 Å². The van der Waals surface area contributed by atoms with Crippen molar-refractivity contribution in [3.8, 4) is 0 Å². The average Bonchev–Trinajstić information content (AvgIpc) is 2.63. The van der Waals surface area contributed by atoms with Crippen LogP contribution in [-0.2, 0) is 4.74 Å². The molecule has 0 aromatic rings. The van der Waals surface area contributed by atoms with E-state index < -0.39 is 0 Å². The van der Waals surface area contributed by atoms with Crippen LogP contribution in [0, 0.1) is 5.92 Å². The Hall–Kier alpha value is -0.0800. The molecule has 2 aliphatic rings. The SMILES string of the molecule is CC1CCCC12CCC(CO)O2. The van der Waals surface area contributed by atoms with Crippen LogP contribution < -0.4 is 0 Å². The molecule has 0 bridgehead atoms. The number of ether oxygens (including phenoxy) is 1. The zero-order chi connectivity index (χ0) is 8.60. The second kappa shape index (κ2) is 3.00. The van der Waals surface area contributed by atoms with Gasteiger partial charge in [-0.3, -0.25) is 0 Å². The minimum Gasteiger partial charge on any atom is -0.394 e. The van der Waals surface area contributed by atoms with Gasteiger partial charge in [0.05, 0.1) is 18.3 Å². The summed E-state index contributed by atoms with van der Waals surface area (Å²) < 4.78 is 5.92. The molecule has 2 heteroatoms. The van der Waals surface area contributed by atoms with E-state index in [-0.39, 0.29) is 18.3 Å². The van der Waals surface area contributed by atoms with Gasteiger partial charge in [-0.2, -0.15) is 0 Å². The van der Waals surface area contributed by atoms with Gasteiger partial charge in [0.2, 0.25) is 0 Å². The molecule has 70 valence electrons. The van der Waals surface area contributed by atoms with Crippen LogP contribution in [-0.4, -0.2) is 23.4 Å². The second-order valence-corrected chi connectivity index (χ2v) is 4.32. The van der Waals surface area contributed by atoms with E-state index in [4.69, 9.17) is 9.84 Å². The summed E-state index contributed by atoms with van der Waals surface area (Å²) in [5.41, 5.74) is 0.160. The topological polar surface area (TPSA) is 29.5 Å². The monoisotopic (exact) mass is 170 g/mol. The predicted octanol–water partition coefficient (Wildman–Crippen LogP) is 1.72. The van der Waals surface area contributed by atoms with Crippen LogP contribution in [0.2, 0.25) is 0 Å². The van der Waals surface area contributed by atoms with Gasteiger partial charge < -0.3 is 9.84 Å². The molecule has 2 nitrogen and oxygen atoms in total. The van der Waals surface area contributed by atoms with Gasteiger partial charge in [-0.1, -0.05) is 13.3 Å². The van der Waals surface area contributed by atoms with E-state index in [9.17, 15) is 0 Å². The highest BCUT2D eigenvalue weighted by Crippen LogP contribution is 2.46. The third-order valence-corrected chi connectivity index (χ3v) is 3.63. The lowest BCUT2D eigenvalue weighted by Gasteiger charge is -2.28. The molecule has 1 spiro atoms. The number of hydrogen-bond donors (Lipinski definition) is 1. The summed E-state index contributed by atoms with van der Waals surface area (Å²) in [5, 5.41) is 8.97. The maximum Gasteiger partial charge on any atom is 0.0814 e. The first-order valence-electron chi connectivity index (χ1n) is 5.05. The van der Waals surface area contributed by atoms with Crippen molar-refractivity contribution in [2.24, 2.45) is 5.92 Å². The van der Waals surface area contributed by atoms with Crippen molar-refractivity contribution in [1.82, 2.24) is 0 Å². The summed E-state index contributed by atoms with van der Waals surface area (Å²) in [4.78, 5) is 0. The lowest BCUT2D eigenvalue weighted by atomic mass is 9.89. The molecule has 12 heavy (non-hydrogen) atoms. The highest BCUT2D eigenvalue weighted by atomic mass is 16.5. The van der Waals surface area contributed by atoms with Crippen LogP contribution in [0.1, 0.15) is 39.0 Å². The van der Waals surface area contributed by atoms with Crippen LogP contribution in [0.5, 0.6) is 0 Å². The fraction of sp³-hybridized carbons (Fsp3) is 1.00. The van der Waals surface area contributed by atoms with E-state index in [1.165, 1.54) is 25.7 Å². The summed E-state index contributed by atoms with van der Waals surface area (Å²) in [6.07, 6.45) is 6.17. The van der Waals surface area contributed by atoms with E-state index in [2.05, 4.69) is 6.92 Å². The zero-order valence-electron chi connectivity index (χ0n) is 7.75. The van der Waals surface area contributed by atoms with Crippen molar-refractivity contribution in [2.45, 2.75) is 50.7 Å². The third-order valence-electron chi connectivity index (χ3n) is 3.63. The second-order valence-electron chi connectivity index (χ2n) is 4.32. The Morgan fingerprint density at radius 2 is 2.25 bits per heavy atom. The average molecular weight is 170 g/mol. The molecule has 1 aliphatic heterocycles. The molecule has 0 radical (unpaired) electrons. The molecule has 1 saturated carbocycles. The Labute approximate surface area is 73.9 Å². The van der Waals surface area contributed by atoms with Gasteiger partial charge in [-0.15, -0.1) is 0 Å². The van der Waals surface area contributed by atoms with Crippen LogP contribution in [0.25, 0.3) is 0 Å². The van der Waals surface area contributed by atoms with Gasteiger partial charge in [-0.25, -0.2) is 0 Å². The summed E-state index contributed by atoms with van der Waals surface area (Å²) >= 11 is 0. The molecule has 1 heterocycles. The van der Waals surface area contributed by atoms with Crippen LogP contribution >= 0.6 is 0 Å². The van der Waals surface area contributed by atoms with E-state index in [0.717, 1.165) is 6.42 Å². The fourth-order valence-corrected chi connectivity index (χ4v) is 2.75. The Morgan fingerprint density at radius 3 is 2.75 bits per heavy atom. The molecule has 1 saturated heterocycles. The molecule has 0 amide bonds. The first-order valence-corrected chi connectivity index (χ1v) is 5.05. The predicted molar refractivity (Wildman–Crippen MR) is 46.9 cm³/mol. The summed E-state index contributed by atoms with van der Waals surface area (Å²) in [7, 11) is 0. The third kappa shape index (κ3) is 1.17. The number of rotatable bonds is 1. The maximum absolute atomic E-state index is 8.97. The standard InChI is InChI=1S/C10H18O2/c1-8-3-2-5-10(8)6-4-9(7-11)12-10/h8-9,11H,2-7H2,1H3. The van der Waals surface area contributed by atoms with Gasteiger partial charge in [-0.05, 0) is 31.6 Å². The van der Waals surface area contributed by atoms with Gasteiger partial charge in [0, 0.05) is 0 Å². The van der Waals surface area contributed by atoms with Crippen molar-refractivity contribution in [3.63, 3.8) is 0 Å². The first kappa shape index (κ1) is 8.52. The molecule has 1 aliphatic carbocycles. The van der Waals surface area contributed by atoms with E-state index in [1.807, 2.05) is 0 Å². The molecule has 2 rings (SSSR count). The minimum absolute atomic E-state index is 0.130. The molecule has 3 atom stereocenters. The van der Waals surface area contributed by atoms with Crippen LogP contribution in [0.15, 0.2) is 0 Å². The van der Waals surface area contributed by atoms with Crippen molar-refractivity contribution >= 4 is 0 Å². The van der Waals surface area contributed by atoms with Crippen molar-refractivity contribution in [2.75, 3.05) is 6.61 Å². The van der Waals surface area contributed by atoms with Gasteiger partial charge in [0.15, 0.2) is 0 Å². The molecule has 3 unspecified atom stereocenters. The van der Waals surface area contributed by atoms with Crippen LogP contribution in [0.4, 0.5) is 0 Å². The highest BCUT2D eigenvalue weighted by molar-refractivity contribution is 4.96. The summed E-state index contributed by atoms with van der Waals surface area (Å²) in [5.74, 6) is 0.703. The van der Waals surface area contributed by atoms with Crippen molar-refractivity contribution in [1.29, 1.82) is 0 Å². The smallest absolute Gasteiger partial charge is 0.0814 e. The van der Waals surface area contributed by atoms with E-state index >= 15 is 0 Å². The molecule has 0 aromatic heterocycles. The quantitative estimate of drug-likeness (QED) is 0.649. The zero-order valence-corrected chi connectivity index (χ0v) is 7.75. The van der Waals surface area contributed by atoms with E-state index in [1.54, 1.807) is 0 Å². The molecule has 0 aromatic carbocycles. The Kier molecular flexibility index (Phi) is 2.13. The number of aliphatic hydroxyl groups excluding tert-OH is 1. The molecule has 2 fully saturated rings. The van der Waals surface area contributed by atoms with Gasteiger partial charge in [0.1, 0.15) is 0 Å². The molecular weight excluding hydrogens is 152 g/mol. The van der Waals surface area contributed by atoms with E-state index in [0.29, 0.717) is 5.92 Å². The lowest BCUT2D eigenvalue weighted by molar-refractivity contribution is -0.0764. The molecular formula is C10H18O2. The fourth-order valence-electron chi connectivity index (χ4n) is 2.75. The maximum atomic E-state index is 8.97. The van der Waals surface area contributed by atoms with Crippen molar-refractivity contribution in [3.05, 3.63) is 0 Å². The Bertz CT molecular complexity index is 169. The Balaban J connectivity index is 2.04. The highest BCUT2D eigenvalue weighted by Gasteiger charge is 2.46. The first-order chi connectivity index (χ1) is 5.77.